The van der Waals surface area contributed by atoms with E-state index in [1.807, 2.05) is 18.4 Å². The van der Waals surface area contributed by atoms with Crippen LogP contribution in [-0.4, -0.2) is 24.3 Å². The molecule has 1 N–H and O–H groups in total. The molecule has 6 heteroatoms. The second kappa shape index (κ2) is 7.47. The minimum Gasteiger partial charge on any atom is -0.490 e. The van der Waals surface area contributed by atoms with Gasteiger partial charge in [0, 0.05) is 11.3 Å². The van der Waals surface area contributed by atoms with Crippen molar-refractivity contribution in [2.75, 3.05) is 13.2 Å². The van der Waals surface area contributed by atoms with Gasteiger partial charge in [-0.2, -0.15) is 0 Å². The van der Waals surface area contributed by atoms with Gasteiger partial charge < -0.3 is 14.6 Å². The second-order valence-electron chi connectivity index (χ2n) is 4.20. The first-order chi connectivity index (χ1) is 10.1. The first-order valence-electron chi connectivity index (χ1n) is 6.46. The number of carbonyl (C=O) groups is 1. The lowest BCUT2D eigenvalue weighted by molar-refractivity contribution is 0.0696. The summed E-state index contributed by atoms with van der Waals surface area (Å²) in [7, 11) is 0. The highest BCUT2D eigenvalue weighted by atomic mass is 79.9. The van der Waals surface area contributed by atoms with E-state index in [-0.39, 0.29) is 5.56 Å². The third kappa shape index (κ3) is 4.22. The highest BCUT2D eigenvalue weighted by Crippen LogP contribution is 2.37. The van der Waals surface area contributed by atoms with Gasteiger partial charge in [-0.05, 0) is 46.4 Å². The number of rotatable bonds is 7. The molecule has 0 saturated heterocycles. The standard InChI is InChI=1S/C15H15BrO4S/c1-2-19-13-9-10(15(17)18)8-12(16)14(13)20-6-5-11-4-3-7-21-11/h3-4,7-9H,2,5-6H2,1H3,(H,17,18). The van der Waals surface area contributed by atoms with Crippen LogP contribution in [0.3, 0.4) is 0 Å². The minimum absolute atomic E-state index is 0.163. The van der Waals surface area contributed by atoms with Crippen LogP contribution in [0.25, 0.3) is 0 Å². The lowest BCUT2D eigenvalue weighted by Crippen LogP contribution is -2.05. The monoisotopic (exact) mass is 370 g/mol. The maximum atomic E-state index is 11.1. The van der Waals surface area contributed by atoms with E-state index in [0.717, 1.165) is 6.42 Å². The van der Waals surface area contributed by atoms with E-state index in [1.54, 1.807) is 11.3 Å². The molecule has 0 aliphatic carbocycles. The fourth-order valence-electron chi connectivity index (χ4n) is 1.80. The summed E-state index contributed by atoms with van der Waals surface area (Å²) in [6.45, 7) is 2.79. The van der Waals surface area contributed by atoms with Crippen LogP contribution in [0.4, 0.5) is 0 Å². The van der Waals surface area contributed by atoms with Gasteiger partial charge in [-0.3, -0.25) is 0 Å². The Balaban J connectivity index is 2.14. The zero-order valence-electron chi connectivity index (χ0n) is 11.5. The van der Waals surface area contributed by atoms with Gasteiger partial charge in [-0.15, -0.1) is 11.3 Å². The first kappa shape index (κ1) is 15.9. The van der Waals surface area contributed by atoms with Gasteiger partial charge in [0.2, 0.25) is 0 Å². The number of ether oxygens (including phenoxy) is 2. The summed E-state index contributed by atoms with van der Waals surface area (Å²) in [6, 6.07) is 7.06. The second-order valence-corrected chi connectivity index (χ2v) is 6.09. The van der Waals surface area contributed by atoms with E-state index < -0.39 is 5.97 Å². The Morgan fingerprint density at radius 2 is 2.19 bits per heavy atom. The summed E-state index contributed by atoms with van der Waals surface area (Å²) in [5.41, 5.74) is 0.163. The number of carboxylic acid groups (broad SMARTS) is 1. The molecule has 0 fully saturated rings. The van der Waals surface area contributed by atoms with E-state index in [1.165, 1.54) is 17.0 Å². The van der Waals surface area contributed by atoms with Crippen molar-refractivity contribution in [1.82, 2.24) is 0 Å². The molecule has 2 rings (SSSR count). The average Bonchev–Trinajstić information content (AvgIpc) is 2.94. The van der Waals surface area contributed by atoms with Gasteiger partial charge in [0.1, 0.15) is 0 Å². The molecule has 0 unspecified atom stereocenters. The quantitative estimate of drug-likeness (QED) is 0.792. The van der Waals surface area contributed by atoms with Crippen molar-refractivity contribution in [3.63, 3.8) is 0 Å². The van der Waals surface area contributed by atoms with E-state index in [2.05, 4.69) is 22.0 Å². The molecule has 0 spiro atoms. The van der Waals surface area contributed by atoms with Crippen LogP contribution >= 0.6 is 27.3 Å². The number of hydrogen-bond acceptors (Lipinski definition) is 4. The predicted octanol–water partition coefficient (Wildman–Crippen LogP) is 4.23. The van der Waals surface area contributed by atoms with Crippen molar-refractivity contribution in [2.45, 2.75) is 13.3 Å². The molecule has 0 saturated carbocycles. The van der Waals surface area contributed by atoms with Crippen LogP contribution in [0.1, 0.15) is 22.2 Å². The first-order valence-corrected chi connectivity index (χ1v) is 8.14. The van der Waals surface area contributed by atoms with Crippen LogP contribution in [0.5, 0.6) is 11.5 Å². The summed E-state index contributed by atoms with van der Waals surface area (Å²) in [5, 5.41) is 11.1. The molecule has 0 radical (unpaired) electrons. The fourth-order valence-corrected chi connectivity index (χ4v) is 3.05. The summed E-state index contributed by atoms with van der Waals surface area (Å²) in [4.78, 5) is 12.3. The number of hydrogen-bond donors (Lipinski definition) is 1. The van der Waals surface area contributed by atoms with Gasteiger partial charge >= 0.3 is 5.97 Å². The number of aromatic carboxylic acids is 1. The molecule has 1 heterocycles. The normalized spacial score (nSPS) is 10.4. The van der Waals surface area contributed by atoms with E-state index in [0.29, 0.717) is 29.2 Å². The molecule has 0 aliphatic rings. The Kier molecular flexibility index (Phi) is 5.64. The number of thiophene rings is 1. The summed E-state index contributed by atoms with van der Waals surface area (Å²) in [6.07, 6.45) is 0.802. The summed E-state index contributed by atoms with van der Waals surface area (Å²) >= 11 is 5.03. The number of carboxylic acids is 1. The Hall–Kier alpha value is -1.53. The maximum absolute atomic E-state index is 11.1. The van der Waals surface area contributed by atoms with Crippen molar-refractivity contribution in [1.29, 1.82) is 0 Å². The Morgan fingerprint density at radius 3 is 2.81 bits per heavy atom. The third-order valence-electron chi connectivity index (χ3n) is 2.73. The maximum Gasteiger partial charge on any atom is 0.335 e. The molecular weight excluding hydrogens is 356 g/mol. The molecule has 0 aliphatic heterocycles. The van der Waals surface area contributed by atoms with Crippen molar-refractivity contribution in [3.05, 3.63) is 44.6 Å². The smallest absolute Gasteiger partial charge is 0.335 e. The highest BCUT2D eigenvalue weighted by molar-refractivity contribution is 9.10. The molecule has 1 aromatic carbocycles. The zero-order chi connectivity index (χ0) is 15.2. The van der Waals surface area contributed by atoms with E-state index in [4.69, 9.17) is 14.6 Å². The van der Waals surface area contributed by atoms with E-state index in [9.17, 15) is 4.79 Å². The molecule has 0 bridgehead atoms. The largest absolute Gasteiger partial charge is 0.490 e. The number of benzene rings is 1. The Labute approximate surface area is 135 Å². The molecular formula is C15H15BrO4S. The molecule has 4 nitrogen and oxygen atoms in total. The van der Waals surface area contributed by atoms with Crippen LogP contribution < -0.4 is 9.47 Å². The molecule has 112 valence electrons. The van der Waals surface area contributed by atoms with Gasteiger partial charge in [0.05, 0.1) is 23.2 Å². The van der Waals surface area contributed by atoms with Gasteiger partial charge in [0.25, 0.3) is 0 Å². The highest BCUT2D eigenvalue weighted by Gasteiger charge is 2.15. The molecule has 2 aromatic rings. The lowest BCUT2D eigenvalue weighted by Gasteiger charge is -2.14. The third-order valence-corrected chi connectivity index (χ3v) is 4.26. The minimum atomic E-state index is -0.998. The average molecular weight is 371 g/mol. The molecule has 0 amide bonds. The number of halogens is 1. The Bertz CT molecular complexity index is 610. The summed E-state index contributed by atoms with van der Waals surface area (Å²) in [5.74, 6) is -0.0179. The predicted molar refractivity (Wildman–Crippen MR) is 85.8 cm³/mol. The van der Waals surface area contributed by atoms with Gasteiger partial charge in [-0.25, -0.2) is 4.79 Å². The van der Waals surface area contributed by atoms with Crippen molar-refractivity contribution in [2.24, 2.45) is 0 Å². The van der Waals surface area contributed by atoms with Crippen LogP contribution in [0.15, 0.2) is 34.1 Å². The zero-order valence-corrected chi connectivity index (χ0v) is 13.9. The van der Waals surface area contributed by atoms with Gasteiger partial charge in [0.15, 0.2) is 11.5 Å². The fraction of sp³-hybridized carbons (Fsp3) is 0.267. The van der Waals surface area contributed by atoms with E-state index >= 15 is 0 Å². The van der Waals surface area contributed by atoms with Crippen molar-refractivity contribution < 1.29 is 19.4 Å². The Morgan fingerprint density at radius 1 is 1.38 bits per heavy atom. The van der Waals surface area contributed by atoms with Crippen LogP contribution in [-0.2, 0) is 6.42 Å². The topological polar surface area (TPSA) is 55.8 Å². The van der Waals surface area contributed by atoms with Crippen LogP contribution in [0.2, 0.25) is 0 Å². The van der Waals surface area contributed by atoms with Crippen LogP contribution in [0, 0.1) is 0 Å². The molecule has 0 atom stereocenters. The molecule has 1 aromatic heterocycles. The van der Waals surface area contributed by atoms with Crippen molar-refractivity contribution >= 4 is 33.2 Å². The van der Waals surface area contributed by atoms with Gasteiger partial charge in [-0.1, -0.05) is 6.07 Å². The summed E-state index contributed by atoms with van der Waals surface area (Å²) < 4.78 is 11.8. The molecule has 21 heavy (non-hydrogen) atoms. The lowest BCUT2D eigenvalue weighted by atomic mass is 10.2. The SMILES string of the molecule is CCOc1cc(C(=O)O)cc(Br)c1OCCc1cccs1. The van der Waals surface area contributed by atoms with Crippen molar-refractivity contribution in [3.8, 4) is 11.5 Å².